The van der Waals surface area contributed by atoms with Gasteiger partial charge in [0.2, 0.25) is 5.78 Å². The van der Waals surface area contributed by atoms with Crippen LogP contribution < -0.4 is 0 Å². The van der Waals surface area contributed by atoms with Crippen LogP contribution in [0.3, 0.4) is 0 Å². The van der Waals surface area contributed by atoms with Gasteiger partial charge in [-0.05, 0) is 43.3 Å². The molecular weight excluding hydrogens is 414 g/mol. The summed E-state index contributed by atoms with van der Waals surface area (Å²) in [5, 5.41) is 20.2. The molecule has 3 aromatic rings. The summed E-state index contributed by atoms with van der Waals surface area (Å²) in [6.07, 6.45) is 0. The van der Waals surface area contributed by atoms with Crippen molar-refractivity contribution in [1.82, 2.24) is 4.98 Å². The number of hydrogen-bond donors (Lipinski definition) is 3. The fourth-order valence-electron chi connectivity index (χ4n) is 3.25. The molecule has 0 aliphatic heterocycles. The third kappa shape index (κ3) is 3.42. The summed E-state index contributed by atoms with van der Waals surface area (Å²) in [6, 6.07) is 10.6. The van der Waals surface area contributed by atoms with Crippen LogP contribution in [-0.2, 0) is 24.7 Å². The molecule has 3 N–H and O–H groups in total. The lowest BCUT2D eigenvalue weighted by atomic mass is 9.88. The second kappa shape index (κ2) is 7.64. The molecule has 9 heteroatoms. The van der Waals surface area contributed by atoms with Crippen LogP contribution in [0.15, 0.2) is 42.5 Å². The summed E-state index contributed by atoms with van der Waals surface area (Å²) < 4.78 is 4.87. The van der Waals surface area contributed by atoms with Gasteiger partial charge in [-0.1, -0.05) is 23.2 Å². The number of fused-ring (bicyclic) bond motifs is 1. The second-order valence-corrected chi connectivity index (χ2v) is 7.08. The van der Waals surface area contributed by atoms with E-state index in [2.05, 4.69) is 4.98 Å². The van der Waals surface area contributed by atoms with Crippen molar-refractivity contribution in [3.63, 3.8) is 0 Å². The summed E-state index contributed by atoms with van der Waals surface area (Å²) in [7, 11) is 0. The number of benzene rings is 2. The highest BCUT2D eigenvalue weighted by atomic mass is 35.5. The first-order valence-electron chi connectivity index (χ1n) is 8.67. The molecule has 0 fully saturated rings. The van der Waals surface area contributed by atoms with Gasteiger partial charge in [0.25, 0.3) is 0 Å². The minimum absolute atomic E-state index is 0.136. The number of H-pyrrole nitrogens is 1. The molecule has 0 radical (unpaired) electrons. The Labute approximate surface area is 175 Å². The molecule has 8 nitrogen and oxygen atoms in total. The van der Waals surface area contributed by atoms with Crippen LogP contribution in [0, 0.1) is 6.92 Å². The standard InChI is InChI=1S/C21H16ClNO7/c1-10-3-8-15-14(9-10)16(21(19(26)27,20(28)29)30-11(2)24)17(23-15)18(25)12-4-6-13(22)7-5-12/h3-9,23H,1-2H3,(H,26,27)(H,28,29). The zero-order valence-electron chi connectivity index (χ0n) is 15.9. The van der Waals surface area contributed by atoms with Crippen LogP contribution >= 0.6 is 11.6 Å². The molecular formula is C21H16ClNO7. The molecule has 0 amide bonds. The lowest BCUT2D eigenvalue weighted by Gasteiger charge is -2.25. The third-order valence-corrected chi connectivity index (χ3v) is 4.79. The van der Waals surface area contributed by atoms with E-state index < -0.39 is 34.9 Å². The highest BCUT2D eigenvalue weighted by Crippen LogP contribution is 2.38. The number of rotatable bonds is 6. The molecule has 0 atom stereocenters. The smallest absolute Gasteiger partial charge is 0.365 e. The number of aromatic amines is 1. The number of ketones is 1. The predicted octanol–water partition coefficient (Wildman–Crippen LogP) is 3.29. The SMILES string of the molecule is CC(=O)OC(C(=O)O)(C(=O)O)c1c(C(=O)c2ccc(Cl)cc2)[nH]c2ccc(C)cc12. The van der Waals surface area contributed by atoms with Crippen LogP contribution in [0.25, 0.3) is 10.9 Å². The van der Waals surface area contributed by atoms with Gasteiger partial charge in [0.1, 0.15) is 0 Å². The van der Waals surface area contributed by atoms with Gasteiger partial charge < -0.3 is 19.9 Å². The van der Waals surface area contributed by atoms with E-state index in [0.29, 0.717) is 16.1 Å². The Hall–Kier alpha value is -3.65. The summed E-state index contributed by atoms with van der Waals surface area (Å²) in [5.74, 6) is -5.71. The van der Waals surface area contributed by atoms with Gasteiger partial charge in [-0.3, -0.25) is 9.59 Å². The maximum Gasteiger partial charge on any atom is 0.365 e. The number of carboxylic acids is 2. The van der Waals surface area contributed by atoms with Gasteiger partial charge in [-0.2, -0.15) is 0 Å². The van der Waals surface area contributed by atoms with E-state index in [-0.39, 0.29) is 16.6 Å². The highest BCUT2D eigenvalue weighted by Gasteiger charge is 2.56. The summed E-state index contributed by atoms with van der Waals surface area (Å²) in [4.78, 5) is 52.1. The quantitative estimate of drug-likeness (QED) is 0.311. The first-order valence-corrected chi connectivity index (χ1v) is 9.05. The molecule has 1 aromatic heterocycles. The number of aromatic nitrogens is 1. The molecule has 0 bridgehead atoms. The number of halogens is 1. The molecule has 0 saturated carbocycles. The van der Waals surface area contributed by atoms with E-state index in [9.17, 15) is 29.4 Å². The van der Waals surface area contributed by atoms with Gasteiger partial charge in [0.05, 0.1) is 11.3 Å². The van der Waals surface area contributed by atoms with Crippen LogP contribution in [0.4, 0.5) is 0 Å². The molecule has 0 aliphatic carbocycles. The molecule has 0 unspecified atom stereocenters. The minimum Gasteiger partial charge on any atom is -0.478 e. The van der Waals surface area contributed by atoms with Crippen LogP contribution in [-0.4, -0.2) is 38.9 Å². The van der Waals surface area contributed by atoms with Crippen molar-refractivity contribution in [1.29, 1.82) is 0 Å². The number of aliphatic carboxylic acids is 2. The minimum atomic E-state index is -3.13. The van der Waals surface area contributed by atoms with Crippen LogP contribution in [0.5, 0.6) is 0 Å². The Morgan fingerprint density at radius 1 is 1.00 bits per heavy atom. The van der Waals surface area contributed by atoms with Gasteiger partial charge >= 0.3 is 23.5 Å². The normalized spacial score (nSPS) is 11.3. The second-order valence-electron chi connectivity index (χ2n) is 6.65. The lowest BCUT2D eigenvalue weighted by molar-refractivity contribution is -0.191. The maximum absolute atomic E-state index is 13.2. The molecule has 0 spiro atoms. The van der Waals surface area contributed by atoms with Gasteiger partial charge in [0.15, 0.2) is 0 Å². The average Bonchev–Trinajstić information content (AvgIpc) is 3.04. The lowest BCUT2D eigenvalue weighted by Crippen LogP contribution is -2.48. The number of esters is 1. The largest absolute Gasteiger partial charge is 0.478 e. The predicted molar refractivity (Wildman–Crippen MR) is 107 cm³/mol. The Kier molecular flexibility index (Phi) is 5.37. The number of carboxylic acid groups (broad SMARTS) is 2. The number of hydrogen-bond acceptors (Lipinski definition) is 5. The number of aryl methyl sites for hydroxylation is 1. The third-order valence-electron chi connectivity index (χ3n) is 4.54. The van der Waals surface area contributed by atoms with Crippen molar-refractivity contribution in [3.05, 3.63) is 69.9 Å². The molecule has 2 aromatic carbocycles. The van der Waals surface area contributed by atoms with Gasteiger partial charge in [-0.15, -0.1) is 0 Å². The summed E-state index contributed by atoms with van der Waals surface area (Å²) in [5.41, 5.74) is -2.78. The zero-order valence-corrected chi connectivity index (χ0v) is 16.6. The van der Waals surface area contributed by atoms with Crippen molar-refractivity contribution in [2.75, 3.05) is 0 Å². The topological polar surface area (TPSA) is 134 Å². The molecule has 3 rings (SSSR count). The van der Waals surface area contributed by atoms with E-state index >= 15 is 0 Å². The summed E-state index contributed by atoms with van der Waals surface area (Å²) in [6.45, 7) is 2.60. The van der Waals surface area contributed by atoms with E-state index in [0.717, 1.165) is 6.92 Å². The maximum atomic E-state index is 13.2. The molecule has 154 valence electrons. The van der Waals surface area contributed by atoms with E-state index in [4.69, 9.17) is 16.3 Å². The van der Waals surface area contributed by atoms with Crippen molar-refractivity contribution >= 4 is 46.2 Å². The van der Waals surface area contributed by atoms with E-state index in [1.165, 1.54) is 30.3 Å². The van der Waals surface area contributed by atoms with E-state index in [1.54, 1.807) is 19.1 Å². The van der Waals surface area contributed by atoms with Gasteiger partial charge in [0, 0.05) is 28.4 Å². The van der Waals surface area contributed by atoms with Crippen molar-refractivity contribution in [2.45, 2.75) is 19.4 Å². The average molecular weight is 430 g/mol. The number of carbonyl (C=O) groups is 4. The Morgan fingerprint density at radius 2 is 1.60 bits per heavy atom. The van der Waals surface area contributed by atoms with Crippen molar-refractivity contribution in [3.8, 4) is 0 Å². The molecule has 0 saturated heterocycles. The van der Waals surface area contributed by atoms with Crippen LogP contribution in [0.1, 0.15) is 34.1 Å². The Bertz CT molecular complexity index is 1180. The number of carbonyl (C=O) groups excluding carboxylic acids is 2. The fraction of sp³-hybridized carbons (Fsp3) is 0.143. The zero-order chi connectivity index (χ0) is 22.2. The first kappa shape index (κ1) is 21.1. The fourth-order valence-corrected chi connectivity index (χ4v) is 3.37. The monoisotopic (exact) mass is 429 g/mol. The molecule has 0 aliphatic rings. The molecule has 1 heterocycles. The van der Waals surface area contributed by atoms with E-state index in [1.807, 2.05) is 0 Å². The number of ether oxygens (including phenoxy) is 1. The van der Waals surface area contributed by atoms with Crippen LogP contribution in [0.2, 0.25) is 5.02 Å². The first-order chi connectivity index (χ1) is 14.1. The van der Waals surface area contributed by atoms with Crippen molar-refractivity contribution < 1.29 is 34.1 Å². The Morgan fingerprint density at radius 3 is 2.13 bits per heavy atom. The summed E-state index contributed by atoms with van der Waals surface area (Å²) >= 11 is 5.86. The number of nitrogens with one attached hydrogen (secondary N) is 1. The van der Waals surface area contributed by atoms with Crippen molar-refractivity contribution in [2.24, 2.45) is 0 Å². The molecule has 30 heavy (non-hydrogen) atoms. The van der Waals surface area contributed by atoms with Gasteiger partial charge in [-0.25, -0.2) is 9.59 Å². The Balaban J connectivity index is 2.42. The highest BCUT2D eigenvalue weighted by molar-refractivity contribution is 6.30.